The highest BCUT2D eigenvalue weighted by Crippen LogP contribution is 2.24. The molecule has 136 valence electrons. The Hall–Kier alpha value is -3.35. The molecule has 0 radical (unpaired) electrons. The van der Waals surface area contributed by atoms with E-state index in [1.54, 1.807) is 6.20 Å². The van der Waals surface area contributed by atoms with Crippen LogP contribution in [-0.2, 0) is 0 Å². The van der Waals surface area contributed by atoms with Gasteiger partial charge in [-0.05, 0) is 31.2 Å². The lowest BCUT2D eigenvalue weighted by atomic mass is 10.3. The Morgan fingerprint density at radius 3 is 2.41 bits per heavy atom. The molecule has 0 amide bonds. The molecule has 4 heterocycles. The number of benzene rings is 1. The number of aromatic nitrogens is 4. The number of rotatable bonds is 3. The number of anilines is 2. The summed E-state index contributed by atoms with van der Waals surface area (Å²) in [6.07, 6.45) is 3.73. The van der Waals surface area contributed by atoms with Crippen molar-refractivity contribution in [1.29, 1.82) is 0 Å². The van der Waals surface area contributed by atoms with Crippen LogP contribution in [0.3, 0.4) is 0 Å². The third-order valence-electron chi connectivity index (χ3n) is 4.95. The van der Waals surface area contributed by atoms with Crippen molar-refractivity contribution >= 4 is 22.9 Å². The van der Waals surface area contributed by atoms with E-state index >= 15 is 0 Å². The molecule has 0 unspecified atom stereocenters. The van der Waals surface area contributed by atoms with Crippen LogP contribution in [0.25, 0.3) is 16.9 Å². The van der Waals surface area contributed by atoms with Crippen molar-refractivity contribution < 1.29 is 4.42 Å². The predicted molar refractivity (Wildman–Crippen MR) is 105 cm³/mol. The lowest BCUT2D eigenvalue weighted by Crippen LogP contribution is -2.47. The average Bonchev–Trinajstić information content (AvgIpc) is 3.34. The Morgan fingerprint density at radius 2 is 1.63 bits per heavy atom. The van der Waals surface area contributed by atoms with Crippen molar-refractivity contribution in [3.63, 3.8) is 0 Å². The lowest BCUT2D eigenvalue weighted by molar-refractivity contribution is 0.540. The Kier molecular flexibility index (Phi) is 3.78. The number of pyridine rings is 1. The number of fused-ring (bicyclic) bond motifs is 1. The molecule has 7 heteroatoms. The van der Waals surface area contributed by atoms with E-state index in [1.165, 1.54) is 0 Å². The third kappa shape index (κ3) is 2.91. The molecule has 0 spiro atoms. The zero-order valence-electron chi connectivity index (χ0n) is 15.1. The van der Waals surface area contributed by atoms with Gasteiger partial charge in [-0.1, -0.05) is 18.2 Å². The molecule has 3 aromatic heterocycles. The van der Waals surface area contributed by atoms with Gasteiger partial charge in [0.15, 0.2) is 5.58 Å². The van der Waals surface area contributed by atoms with Crippen molar-refractivity contribution in [3.05, 3.63) is 60.7 Å². The minimum Gasteiger partial charge on any atom is -0.423 e. The number of para-hydroxylation sites is 2. The molecule has 1 aromatic carbocycles. The first-order valence-corrected chi connectivity index (χ1v) is 9.11. The smallest absolute Gasteiger partial charge is 0.298 e. The Labute approximate surface area is 156 Å². The normalized spacial score (nSPS) is 14.9. The van der Waals surface area contributed by atoms with Crippen LogP contribution in [0.2, 0.25) is 0 Å². The van der Waals surface area contributed by atoms with Gasteiger partial charge >= 0.3 is 0 Å². The summed E-state index contributed by atoms with van der Waals surface area (Å²) in [4.78, 5) is 18.2. The molecule has 0 N–H and O–H groups in total. The summed E-state index contributed by atoms with van der Waals surface area (Å²) >= 11 is 0. The second-order valence-electron chi connectivity index (χ2n) is 6.64. The van der Waals surface area contributed by atoms with E-state index in [0.717, 1.165) is 54.7 Å². The van der Waals surface area contributed by atoms with Gasteiger partial charge in [0.25, 0.3) is 6.01 Å². The second-order valence-corrected chi connectivity index (χ2v) is 6.64. The van der Waals surface area contributed by atoms with Crippen molar-refractivity contribution in [2.45, 2.75) is 6.92 Å². The molecular formula is C20H20N6O. The van der Waals surface area contributed by atoms with Crippen LogP contribution in [0.1, 0.15) is 5.82 Å². The molecule has 27 heavy (non-hydrogen) atoms. The molecule has 1 aliphatic rings. The minimum absolute atomic E-state index is 0.701. The van der Waals surface area contributed by atoms with Gasteiger partial charge in [0.1, 0.15) is 23.0 Å². The van der Waals surface area contributed by atoms with Gasteiger partial charge in [-0.3, -0.25) is 4.57 Å². The largest absolute Gasteiger partial charge is 0.423 e. The number of nitrogens with zero attached hydrogens (tertiary/aromatic N) is 6. The lowest BCUT2D eigenvalue weighted by Gasteiger charge is -2.34. The fourth-order valence-electron chi connectivity index (χ4n) is 3.46. The van der Waals surface area contributed by atoms with Gasteiger partial charge < -0.3 is 14.2 Å². The van der Waals surface area contributed by atoms with Crippen molar-refractivity contribution in [3.8, 4) is 5.82 Å². The van der Waals surface area contributed by atoms with E-state index < -0.39 is 0 Å². The molecule has 4 aromatic rings. The van der Waals surface area contributed by atoms with Gasteiger partial charge in [0.2, 0.25) is 0 Å². The van der Waals surface area contributed by atoms with Gasteiger partial charge in [-0.2, -0.15) is 4.98 Å². The first-order valence-electron chi connectivity index (χ1n) is 9.11. The van der Waals surface area contributed by atoms with Crippen LogP contribution in [0.15, 0.2) is 59.3 Å². The summed E-state index contributed by atoms with van der Waals surface area (Å²) in [6, 6.07) is 14.7. The number of hydrogen-bond acceptors (Lipinski definition) is 6. The summed E-state index contributed by atoms with van der Waals surface area (Å²) in [5, 5.41) is 0. The quantitative estimate of drug-likeness (QED) is 0.560. The van der Waals surface area contributed by atoms with Gasteiger partial charge in [0.05, 0.1) is 0 Å². The molecule has 1 fully saturated rings. The number of imidazole rings is 1. The van der Waals surface area contributed by atoms with Crippen LogP contribution >= 0.6 is 0 Å². The fraction of sp³-hybridized carbons (Fsp3) is 0.250. The van der Waals surface area contributed by atoms with E-state index in [9.17, 15) is 0 Å². The van der Waals surface area contributed by atoms with Crippen LogP contribution in [0.4, 0.5) is 11.8 Å². The van der Waals surface area contributed by atoms with E-state index in [1.807, 2.05) is 54.1 Å². The maximum Gasteiger partial charge on any atom is 0.298 e. The van der Waals surface area contributed by atoms with E-state index in [4.69, 9.17) is 9.40 Å². The standard InChI is InChI=1S/C20H20N6O/c1-15-21-9-10-26(15)19-8-4-7-18(23-19)24-11-13-25(14-12-24)20-22-16-5-2-3-6-17(16)27-20/h2-10H,11-14H2,1H3. The van der Waals surface area contributed by atoms with Gasteiger partial charge in [-0.15, -0.1) is 0 Å². The van der Waals surface area contributed by atoms with Crippen LogP contribution in [-0.4, -0.2) is 45.7 Å². The summed E-state index contributed by atoms with van der Waals surface area (Å²) in [5.41, 5.74) is 1.74. The Morgan fingerprint density at radius 1 is 0.852 bits per heavy atom. The summed E-state index contributed by atoms with van der Waals surface area (Å²) in [6.45, 7) is 5.43. The number of aryl methyl sites for hydroxylation is 1. The van der Waals surface area contributed by atoms with Crippen LogP contribution in [0, 0.1) is 6.92 Å². The van der Waals surface area contributed by atoms with Gasteiger partial charge in [-0.25, -0.2) is 9.97 Å². The van der Waals surface area contributed by atoms with Gasteiger partial charge in [0, 0.05) is 38.6 Å². The van der Waals surface area contributed by atoms with E-state index in [2.05, 4.69) is 25.8 Å². The first kappa shape index (κ1) is 15.9. The maximum atomic E-state index is 5.90. The predicted octanol–water partition coefficient (Wildman–Crippen LogP) is 3.04. The van der Waals surface area contributed by atoms with Crippen molar-refractivity contribution in [2.75, 3.05) is 36.0 Å². The number of oxazole rings is 1. The summed E-state index contributed by atoms with van der Waals surface area (Å²) in [5.74, 6) is 2.81. The third-order valence-corrected chi connectivity index (χ3v) is 4.95. The van der Waals surface area contributed by atoms with Crippen LogP contribution in [0.5, 0.6) is 0 Å². The molecular weight excluding hydrogens is 340 g/mol. The molecule has 7 nitrogen and oxygen atoms in total. The number of piperazine rings is 1. The fourth-order valence-corrected chi connectivity index (χ4v) is 3.46. The van der Waals surface area contributed by atoms with Crippen LogP contribution < -0.4 is 9.80 Å². The number of hydrogen-bond donors (Lipinski definition) is 0. The molecule has 1 aliphatic heterocycles. The molecule has 0 saturated carbocycles. The molecule has 5 rings (SSSR count). The second kappa shape index (κ2) is 6.42. The highest BCUT2D eigenvalue weighted by Gasteiger charge is 2.22. The van der Waals surface area contributed by atoms with Crippen molar-refractivity contribution in [2.24, 2.45) is 0 Å². The Bertz CT molecular complexity index is 1040. The topological polar surface area (TPSA) is 63.2 Å². The molecule has 0 atom stereocenters. The van der Waals surface area contributed by atoms with Crippen molar-refractivity contribution in [1.82, 2.24) is 19.5 Å². The van der Waals surface area contributed by atoms with E-state index in [0.29, 0.717) is 6.01 Å². The first-order chi connectivity index (χ1) is 13.3. The minimum atomic E-state index is 0.701. The molecule has 0 bridgehead atoms. The zero-order chi connectivity index (χ0) is 18.2. The monoisotopic (exact) mass is 360 g/mol. The molecule has 1 saturated heterocycles. The average molecular weight is 360 g/mol. The zero-order valence-corrected chi connectivity index (χ0v) is 15.1. The maximum absolute atomic E-state index is 5.90. The highest BCUT2D eigenvalue weighted by molar-refractivity contribution is 5.74. The summed E-state index contributed by atoms with van der Waals surface area (Å²) in [7, 11) is 0. The highest BCUT2D eigenvalue weighted by atomic mass is 16.4. The SMILES string of the molecule is Cc1nccn1-c1cccc(N2CCN(c3nc4ccccc4o3)CC2)n1. The molecule has 0 aliphatic carbocycles. The Balaban J connectivity index is 1.32. The summed E-state index contributed by atoms with van der Waals surface area (Å²) < 4.78 is 7.90. The van der Waals surface area contributed by atoms with E-state index in [-0.39, 0.29) is 0 Å².